The van der Waals surface area contributed by atoms with Crippen LogP contribution in [0, 0.1) is 26.1 Å². The SMILES string of the molecule is COC(=O)C(CC[N+](=O)[O-])C(C[N+](=O)[O-])c1ccccc1. The minimum atomic E-state index is -0.923. The number of hydrogen-bond donors (Lipinski definition) is 0. The number of methoxy groups -OCH3 is 1. The number of nitrogens with zero attached hydrogens (tertiary/aromatic N) is 2. The van der Waals surface area contributed by atoms with Gasteiger partial charge in [0.05, 0.1) is 18.9 Å². The van der Waals surface area contributed by atoms with E-state index in [-0.39, 0.29) is 6.42 Å². The van der Waals surface area contributed by atoms with E-state index in [0.717, 1.165) is 7.11 Å². The topological polar surface area (TPSA) is 113 Å². The molecule has 8 nitrogen and oxygen atoms in total. The largest absolute Gasteiger partial charge is 0.469 e. The summed E-state index contributed by atoms with van der Waals surface area (Å²) < 4.78 is 4.64. The highest BCUT2D eigenvalue weighted by molar-refractivity contribution is 5.73. The Kier molecular flexibility index (Phi) is 6.25. The summed E-state index contributed by atoms with van der Waals surface area (Å²) in [6, 6.07) is 8.47. The molecule has 0 saturated carbocycles. The summed E-state index contributed by atoms with van der Waals surface area (Å²) in [6.45, 7) is -0.928. The smallest absolute Gasteiger partial charge is 0.309 e. The van der Waals surface area contributed by atoms with Crippen LogP contribution in [0.2, 0.25) is 0 Å². The molecule has 8 heteroatoms. The predicted octanol–water partition coefficient (Wildman–Crippen LogP) is 1.50. The van der Waals surface area contributed by atoms with Crippen molar-refractivity contribution < 1.29 is 19.4 Å². The number of hydrogen-bond acceptors (Lipinski definition) is 6. The summed E-state index contributed by atoms with van der Waals surface area (Å²) in [4.78, 5) is 32.1. The zero-order valence-electron chi connectivity index (χ0n) is 11.5. The highest BCUT2D eigenvalue weighted by atomic mass is 16.6. The molecule has 1 rings (SSSR count). The van der Waals surface area contributed by atoms with Gasteiger partial charge in [-0.2, -0.15) is 0 Å². The summed E-state index contributed by atoms with van der Waals surface area (Å²) in [5.41, 5.74) is 0.591. The second kappa shape index (κ2) is 7.93. The van der Waals surface area contributed by atoms with Crippen LogP contribution in [0.1, 0.15) is 17.9 Å². The first-order valence-corrected chi connectivity index (χ1v) is 6.32. The molecule has 21 heavy (non-hydrogen) atoms. The predicted molar refractivity (Wildman–Crippen MR) is 73.0 cm³/mol. The van der Waals surface area contributed by atoms with Crippen molar-refractivity contribution >= 4 is 5.97 Å². The minimum Gasteiger partial charge on any atom is -0.469 e. The van der Waals surface area contributed by atoms with Gasteiger partial charge in [0, 0.05) is 16.3 Å². The summed E-state index contributed by atoms with van der Waals surface area (Å²) in [5, 5.41) is 21.4. The Bertz CT molecular complexity index is 505. The molecular formula is C13H16N2O6. The standard InChI is InChI=1S/C13H16N2O6/c1-21-13(16)11(7-8-14(17)18)12(9-15(19)20)10-5-3-2-4-6-10/h2-6,11-12H,7-9H2,1H3. The number of esters is 1. The molecule has 0 aliphatic heterocycles. The van der Waals surface area contributed by atoms with E-state index < -0.39 is 40.7 Å². The Morgan fingerprint density at radius 1 is 1.19 bits per heavy atom. The van der Waals surface area contributed by atoms with Gasteiger partial charge in [0.1, 0.15) is 0 Å². The van der Waals surface area contributed by atoms with Crippen LogP contribution in [-0.2, 0) is 9.53 Å². The first-order chi connectivity index (χ1) is 9.95. The van der Waals surface area contributed by atoms with Gasteiger partial charge in [0.25, 0.3) is 0 Å². The van der Waals surface area contributed by atoms with Crippen molar-refractivity contribution in [3.05, 3.63) is 56.1 Å². The molecule has 0 bridgehead atoms. The fraction of sp³-hybridized carbons (Fsp3) is 0.462. The monoisotopic (exact) mass is 296 g/mol. The number of benzene rings is 1. The van der Waals surface area contributed by atoms with Crippen molar-refractivity contribution in [3.8, 4) is 0 Å². The maximum atomic E-state index is 11.9. The van der Waals surface area contributed by atoms with Crippen molar-refractivity contribution in [2.75, 3.05) is 20.2 Å². The number of carbonyl (C=O) groups is 1. The van der Waals surface area contributed by atoms with Gasteiger partial charge in [0.15, 0.2) is 0 Å². The van der Waals surface area contributed by atoms with E-state index in [1.54, 1.807) is 30.3 Å². The van der Waals surface area contributed by atoms with Crippen molar-refractivity contribution in [2.45, 2.75) is 12.3 Å². The van der Waals surface area contributed by atoms with E-state index in [1.165, 1.54) is 0 Å². The molecule has 0 N–H and O–H groups in total. The van der Waals surface area contributed by atoms with Gasteiger partial charge in [-0.05, 0) is 5.56 Å². The van der Waals surface area contributed by atoms with Crippen molar-refractivity contribution in [3.63, 3.8) is 0 Å². The van der Waals surface area contributed by atoms with Crippen molar-refractivity contribution in [2.24, 2.45) is 5.92 Å². The molecule has 0 aliphatic carbocycles. The Morgan fingerprint density at radius 3 is 2.29 bits per heavy atom. The van der Waals surface area contributed by atoms with Gasteiger partial charge in [0.2, 0.25) is 13.1 Å². The highest BCUT2D eigenvalue weighted by Crippen LogP contribution is 2.28. The molecule has 2 unspecified atom stereocenters. The quantitative estimate of drug-likeness (QED) is 0.408. The summed E-state index contributed by atoms with van der Waals surface area (Å²) >= 11 is 0. The Balaban J connectivity index is 3.07. The first-order valence-electron chi connectivity index (χ1n) is 6.32. The molecule has 0 spiro atoms. The van der Waals surface area contributed by atoms with Gasteiger partial charge in [-0.25, -0.2) is 0 Å². The van der Waals surface area contributed by atoms with Crippen LogP contribution in [-0.4, -0.2) is 36.0 Å². The van der Waals surface area contributed by atoms with E-state index in [0.29, 0.717) is 5.56 Å². The van der Waals surface area contributed by atoms with Crippen LogP contribution in [0.15, 0.2) is 30.3 Å². The van der Waals surface area contributed by atoms with E-state index in [2.05, 4.69) is 4.74 Å². The van der Waals surface area contributed by atoms with E-state index >= 15 is 0 Å². The first kappa shape index (κ1) is 16.5. The maximum Gasteiger partial charge on any atom is 0.309 e. The second-order valence-electron chi connectivity index (χ2n) is 4.51. The average Bonchev–Trinajstić information content (AvgIpc) is 2.46. The number of nitro groups is 2. The Labute approximate surface area is 121 Å². The molecule has 0 aliphatic rings. The Morgan fingerprint density at radius 2 is 1.81 bits per heavy atom. The van der Waals surface area contributed by atoms with Gasteiger partial charge >= 0.3 is 5.97 Å². The minimum absolute atomic E-state index is 0.104. The lowest BCUT2D eigenvalue weighted by Gasteiger charge is -2.21. The van der Waals surface area contributed by atoms with Crippen LogP contribution in [0.3, 0.4) is 0 Å². The lowest BCUT2D eigenvalue weighted by atomic mass is 9.84. The van der Waals surface area contributed by atoms with Crippen LogP contribution >= 0.6 is 0 Å². The third-order valence-corrected chi connectivity index (χ3v) is 3.19. The van der Waals surface area contributed by atoms with Gasteiger partial charge in [-0.3, -0.25) is 25.0 Å². The molecule has 2 atom stereocenters. The Hall–Kier alpha value is -2.51. The van der Waals surface area contributed by atoms with Gasteiger partial charge in [-0.15, -0.1) is 0 Å². The average molecular weight is 296 g/mol. The molecule has 1 aromatic rings. The van der Waals surface area contributed by atoms with Crippen LogP contribution in [0.5, 0.6) is 0 Å². The molecule has 114 valence electrons. The summed E-state index contributed by atoms with van der Waals surface area (Å²) in [5.74, 6) is -2.35. The van der Waals surface area contributed by atoms with Gasteiger partial charge < -0.3 is 4.74 Å². The number of carbonyl (C=O) groups excluding carboxylic acids is 1. The fourth-order valence-electron chi connectivity index (χ4n) is 2.20. The molecule has 0 radical (unpaired) electrons. The molecule has 1 aromatic carbocycles. The van der Waals surface area contributed by atoms with Crippen molar-refractivity contribution in [1.82, 2.24) is 0 Å². The number of rotatable bonds is 8. The van der Waals surface area contributed by atoms with E-state index in [4.69, 9.17) is 0 Å². The lowest BCUT2D eigenvalue weighted by Crippen LogP contribution is -2.30. The van der Waals surface area contributed by atoms with Crippen LogP contribution in [0.25, 0.3) is 0 Å². The van der Waals surface area contributed by atoms with E-state index in [1.807, 2.05) is 0 Å². The van der Waals surface area contributed by atoms with E-state index in [9.17, 15) is 25.0 Å². The molecule has 0 saturated heterocycles. The summed E-state index contributed by atoms with van der Waals surface area (Å²) in [6.07, 6.45) is -0.104. The highest BCUT2D eigenvalue weighted by Gasteiger charge is 2.35. The third-order valence-electron chi connectivity index (χ3n) is 3.19. The summed E-state index contributed by atoms with van der Waals surface area (Å²) in [7, 11) is 1.16. The lowest BCUT2D eigenvalue weighted by molar-refractivity contribution is -0.489. The molecule has 0 aromatic heterocycles. The fourth-order valence-corrected chi connectivity index (χ4v) is 2.20. The molecule has 0 amide bonds. The maximum absolute atomic E-state index is 11.9. The second-order valence-corrected chi connectivity index (χ2v) is 4.51. The van der Waals surface area contributed by atoms with Crippen LogP contribution in [0.4, 0.5) is 0 Å². The van der Waals surface area contributed by atoms with Crippen LogP contribution < -0.4 is 0 Å². The molecular weight excluding hydrogens is 280 g/mol. The normalized spacial score (nSPS) is 13.2. The zero-order chi connectivity index (χ0) is 15.8. The van der Waals surface area contributed by atoms with Crippen molar-refractivity contribution in [1.29, 1.82) is 0 Å². The molecule has 0 fully saturated rings. The van der Waals surface area contributed by atoms with Gasteiger partial charge in [-0.1, -0.05) is 30.3 Å². The third kappa shape index (κ3) is 5.17. The molecule has 0 heterocycles. The number of ether oxygens (including phenoxy) is 1. The zero-order valence-corrected chi connectivity index (χ0v) is 11.5.